The predicted octanol–water partition coefficient (Wildman–Crippen LogP) is -0.502. The van der Waals surface area contributed by atoms with Crippen molar-refractivity contribution in [2.24, 2.45) is 12.8 Å². The summed E-state index contributed by atoms with van der Waals surface area (Å²) in [6.07, 6.45) is 3.54. The van der Waals surface area contributed by atoms with Gasteiger partial charge in [-0.1, -0.05) is 0 Å². The number of hydrogen-bond donors (Lipinski definition) is 2. The van der Waals surface area contributed by atoms with Crippen LogP contribution in [0, 0.1) is 6.92 Å². The molecule has 0 aliphatic carbocycles. The van der Waals surface area contributed by atoms with Crippen LogP contribution >= 0.6 is 0 Å². The molecular formula is C17H22N8O2. The van der Waals surface area contributed by atoms with Gasteiger partial charge in [-0.05, 0) is 25.8 Å². The third-order valence-electron chi connectivity index (χ3n) is 4.89. The molecular weight excluding hydrogens is 348 g/mol. The zero-order valence-electron chi connectivity index (χ0n) is 15.3. The lowest BCUT2D eigenvalue weighted by Crippen LogP contribution is -2.43. The van der Waals surface area contributed by atoms with Gasteiger partial charge in [-0.3, -0.25) is 9.59 Å². The fraction of sp³-hybridized carbons (Fsp3) is 0.471. The van der Waals surface area contributed by atoms with Gasteiger partial charge in [-0.25, -0.2) is 24.3 Å². The maximum Gasteiger partial charge on any atom is 0.293 e. The summed E-state index contributed by atoms with van der Waals surface area (Å²) in [6, 6.07) is 1.84. The number of rotatable bonds is 3. The lowest BCUT2D eigenvalue weighted by atomic mass is 10.1. The maximum atomic E-state index is 13.0. The molecule has 3 N–H and O–H groups in total. The number of anilines is 1. The summed E-state index contributed by atoms with van der Waals surface area (Å²) in [5.41, 5.74) is 6.48. The molecule has 3 aromatic rings. The number of hydrogen-bond acceptors (Lipinski definition) is 7. The van der Waals surface area contributed by atoms with E-state index in [1.807, 2.05) is 11.8 Å². The molecule has 1 atom stereocenters. The first-order chi connectivity index (χ1) is 12.9. The lowest BCUT2D eigenvalue weighted by Gasteiger charge is -2.30. The van der Waals surface area contributed by atoms with Crippen LogP contribution in [0.5, 0.6) is 0 Å². The lowest BCUT2D eigenvalue weighted by molar-refractivity contribution is 0.491. The van der Waals surface area contributed by atoms with Crippen molar-refractivity contribution in [3.05, 3.63) is 44.5 Å². The van der Waals surface area contributed by atoms with E-state index in [0.29, 0.717) is 18.3 Å². The van der Waals surface area contributed by atoms with Crippen LogP contribution in [-0.2, 0) is 13.6 Å². The molecule has 0 bridgehead atoms. The van der Waals surface area contributed by atoms with Crippen LogP contribution < -0.4 is 21.8 Å². The van der Waals surface area contributed by atoms with E-state index in [0.717, 1.165) is 25.1 Å². The highest BCUT2D eigenvalue weighted by atomic mass is 16.2. The van der Waals surface area contributed by atoms with Crippen molar-refractivity contribution in [3.63, 3.8) is 0 Å². The summed E-state index contributed by atoms with van der Waals surface area (Å²) in [5, 5.41) is 0. The summed E-state index contributed by atoms with van der Waals surface area (Å²) in [6.45, 7) is 3.39. The Morgan fingerprint density at radius 3 is 2.85 bits per heavy atom. The van der Waals surface area contributed by atoms with Crippen LogP contribution in [0.25, 0.3) is 11.0 Å². The largest absolute Gasteiger partial charge is 0.341 e. The van der Waals surface area contributed by atoms with E-state index in [1.54, 1.807) is 19.3 Å². The Morgan fingerprint density at radius 1 is 1.30 bits per heavy atom. The molecule has 4 rings (SSSR count). The molecule has 0 saturated carbocycles. The summed E-state index contributed by atoms with van der Waals surface area (Å²) in [7, 11) is 1.55. The van der Waals surface area contributed by atoms with Crippen LogP contribution in [0.4, 0.5) is 5.95 Å². The molecule has 1 aliphatic rings. The van der Waals surface area contributed by atoms with Gasteiger partial charge in [0.1, 0.15) is 17.9 Å². The number of piperidine rings is 1. The second-order valence-corrected chi connectivity index (χ2v) is 6.94. The molecule has 27 heavy (non-hydrogen) atoms. The van der Waals surface area contributed by atoms with Crippen molar-refractivity contribution in [2.75, 3.05) is 18.0 Å². The molecule has 0 radical (unpaired) electrons. The van der Waals surface area contributed by atoms with Crippen LogP contribution in [0.1, 0.15) is 24.4 Å². The smallest absolute Gasteiger partial charge is 0.293 e. The number of nitrogens with zero attached hydrogens (tertiary/aromatic N) is 6. The molecule has 0 aromatic carbocycles. The van der Waals surface area contributed by atoms with Gasteiger partial charge in [0.05, 0.1) is 0 Å². The highest BCUT2D eigenvalue weighted by Crippen LogP contribution is 2.17. The van der Waals surface area contributed by atoms with Crippen molar-refractivity contribution in [3.8, 4) is 0 Å². The summed E-state index contributed by atoms with van der Waals surface area (Å²) in [4.78, 5) is 43.6. The highest BCUT2D eigenvalue weighted by molar-refractivity contribution is 5.75. The quantitative estimate of drug-likeness (QED) is 0.636. The van der Waals surface area contributed by atoms with E-state index < -0.39 is 0 Å². The number of nitrogens with two attached hydrogens (primary N) is 1. The highest BCUT2D eigenvalue weighted by Gasteiger charge is 2.22. The number of aromatic amines is 1. The van der Waals surface area contributed by atoms with Crippen LogP contribution in [0.3, 0.4) is 0 Å². The van der Waals surface area contributed by atoms with Gasteiger partial charge in [0.15, 0.2) is 5.52 Å². The fourth-order valence-corrected chi connectivity index (χ4v) is 3.44. The second kappa shape index (κ2) is 6.62. The van der Waals surface area contributed by atoms with Crippen molar-refractivity contribution in [2.45, 2.75) is 32.4 Å². The Bertz CT molecular complexity index is 1110. The molecule has 10 nitrogen and oxygen atoms in total. The van der Waals surface area contributed by atoms with Gasteiger partial charge in [-0.2, -0.15) is 0 Å². The van der Waals surface area contributed by atoms with E-state index in [2.05, 4.69) is 19.9 Å². The third kappa shape index (κ3) is 3.12. The van der Waals surface area contributed by atoms with Crippen molar-refractivity contribution < 1.29 is 0 Å². The first-order valence-electron chi connectivity index (χ1n) is 8.93. The minimum Gasteiger partial charge on any atom is -0.341 e. The molecule has 10 heteroatoms. The Kier molecular flexibility index (Phi) is 4.27. The first-order valence-corrected chi connectivity index (χ1v) is 8.93. The van der Waals surface area contributed by atoms with Gasteiger partial charge in [0.2, 0.25) is 5.95 Å². The van der Waals surface area contributed by atoms with Gasteiger partial charge >= 0.3 is 0 Å². The molecule has 1 saturated heterocycles. The average molecular weight is 370 g/mol. The van der Waals surface area contributed by atoms with Crippen LogP contribution in [0.15, 0.2) is 21.9 Å². The Hall–Kier alpha value is -3.01. The molecule has 142 valence electrons. The molecule has 1 unspecified atom stereocenters. The van der Waals surface area contributed by atoms with E-state index in [1.165, 1.54) is 9.36 Å². The Morgan fingerprint density at radius 2 is 2.11 bits per heavy atom. The third-order valence-corrected chi connectivity index (χ3v) is 4.89. The van der Waals surface area contributed by atoms with Gasteiger partial charge < -0.3 is 15.6 Å². The summed E-state index contributed by atoms with van der Waals surface area (Å²) < 4.78 is 2.59. The number of fused-ring (bicyclic) bond motifs is 1. The minimum absolute atomic E-state index is 0.0601. The summed E-state index contributed by atoms with van der Waals surface area (Å²) in [5.74, 6) is 0.979. The number of aromatic nitrogens is 6. The number of H-pyrrole nitrogens is 1. The van der Waals surface area contributed by atoms with Crippen LogP contribution in [0.2, 0.25) is 0 Å². The van der Waals surface area contributed by atoms with E-state index in [4.69, 9.17) is 5.73 Å². The van der Waals surface area contributed by atoms with Crippen molar-refractivity contribution in [1.29, 1.82) is 0 Å². The molecule has 4 heterocycles. The molecule has 0 amide bonds. The SMILES string of the molecule is Cc1ccnc(Cn2c(=O)c3[nH]c(N4CCCC(N)C4)nc3c(=O)n2C)n1. The topological polar surface area (TPSA) is 128 Å². The number of nitrogens with one attached hydrogen (secondary N) is 1. The Labute approximate surface area is 154 Å². The Balaban J connectivity index is 1.80. The van der Waals surface area contributed by atoms with Gasteiger partial charge in [0, 0.05) is 38.1 Å². The average Bonchev–Trinajstić information content (AvgIpc) is 3.09. The number of aryl methyl sites for hydroxylation is 1. The van der Waals surface area contributed by atoms with Gasteiger partial charge in [0.25, 0.3) is 11.1 Å². The molecule has 3 aromatic heterocycles. The first kappa shape index (κ1) is 17.4. The predicted molar refractivity (Wildman–Crippen MR) is 101 cm³/mol. The van der Waals surface area contributed by atoms with E-state index >= 15 is 0 Å². The fourth-order valence-electron chi connectivity index (χ4n) is 3.44. The van der Waals surface area contributed by atoms with Gasteiger partial charge in [-0.15, -0.1) is 0 Å². The zero-order valence-corrected chi connectivity index (χ0v) is 15.3. The molecule has 0 spiro atoms. The normalized spacial score (nSPS) is 17.6. The van der Waals surface area contributed by atoms with Crippen LogP contribution in [-0.4, -0.2) is 48.4 Å². The second-order valence-electron chi connectivity index (χ2n) is 6.94. The standard InChI is InChI=1S/C17H22N8O2/c1-10-5-6-19-12(20-10)9-25-16(27)14-13(15(26)23(25)2)21-17(22-14)24-7-3-4-11(18)8-24/h5-6,11H,3-4,7-9,18H2,1-2H3,(H,21,22). The molecule has 1 aliphatic heterocycles. The zero-order chi connectivity index (χ0) is 19.1. The summed E-state index contributed by atoms with van der Waals surface area (Å²) >= 11 is 0. The van der Waals surface area contributed by atoms with Crippen molar-refractivity contribution in [1.82, 2.24) is 29.3 Å². The minimum atomic E-state index is -0.346. The maximum absolute atomic E-state index is 13.0. The van der Waals surface area contributed by atoms with E-state index in [-0.39, 0.29) is 34.7 Å². The number of imidazole rings is 1. The molecule has 1 fully saturated rings. The van der Waals surface area contributed by atoms with E-state index in [9.17, 15) is 9.59 Å². The monoisotopic (exact) mass is 370 g/mol. The van der Waals surface area contributed by atoms with Crippen molar-refractivity contribution >= 4 is 17.0 Å².